The molecular weight excluding hydrogens is 346 g/mol. The first kappa shape index (κ1) is 17.0. The minimum absolute atomic E-state index is 0.126. The lowest BCUT2D eigenvalue weighted by Gasteiger charge is -2.16. The van der Waals surface area contributed by atoms with Crippen LogP contribution in [-0.2, 0) is 23.1 Å². The fraction of sp³-hybridized carbons (Fsp3) is 0.235. The zero-order valence-electron chi connectivity index (χ0n) is 13.5. The zero-order chi connectivity index (χ0) is 17.3. The van der Waals surface area contributed by atoms with Crippen LogP contribution in [-0.4, -0.2) is 29.6 Å². The van der Waals surface area contributed by atoms with Crippen LogP contribution in [0, 0.1) is 0 Å². The predicted molar refractivity (Wildman–Crippen MR) is 95.5 cm³/mol. The van der Waals surface area contributed by atoms with E-state index in [1.54, 1.807) is 23.0 Å². The number of halogens is 1. The SMILES string of the molecule is CCn1cc(Cl)c(CN(C)S(=O)(=O)c2ccc3ccccc3c2)n1. The van der Waals surface area contributed by atoms with Crippen LogP contribution < -0.4 is 0 Å². The molecule has 24 heavy (non-hydrogen) atoms. The van der Waals surface area contributed by atoms with Crippen LogP contribution in [0.15, 0.2) is 53.6 Å². The molecule has 0 aliphatic heterocycles. The second-order valence-corrected chi connectivity index (χ2v) is 8.00. The zero-order valence-corrected chi connectivity index (χ0v) is 15.0. The van der Waals surface area contributed by atoms with Crippen molar-refractivity contribution < 1.29 is 8.42 Å². The summed E-state index contributed by atoms with van der Waals surface area (Å²) in [6, 6.07) is 12.8. The van der Waals surface area contributed by atoms with Crippen LogP contribution in [0.3, 0.4) is 0 Å². The van der Waals surface area contributed by atoms with Crippen molar-refractivity contribution in [3.8, 4) is 0 Å². The van der Waals surface area contributed by atoms with Gasteiger partial charge in [-0.2, -0.15) is 9.40 Å². The van der Waals surface area contributed by atoms with Gasteiger partial charge in [0.15, 0.2) is 0 Å². The monoisotopic (exact) mass is 363 g/mol. The van der Waals surface area contributed by atoms with Gasteiger partial charge >= 0.3 is 0 Å². The Morgan fingerprint density at radius 2 is 1.88 bits per heavy atom. The van der Waals surface area contributed by atoms with E-state index >= 15 is 0 Å². The topological polar surface area (TPSA) is 55.2 Å². The highest BCUT2D eigenvalue weighted by atomic mass is 35.5. The molecule has 0 radical (unpaired) electrons. The second-order valence-electron chi connectivity index (χ2n) is 5.55. The summed E-state index contributed by atoms with van der Waals surface area (Å²) in [7, 11) is -2.08. The van der Waals surface area contributed by atoms with Crippen molar-refractivity contribution in [3.63, 3.8) is 0 Å². The molecule has 0 saturated heterocycles. The Balaban J connectivity index is 1.91. The third kappa shape index (κ3) is 3.17. The van der Waals surface area contributed by atoms with Crippen LogP contribution in [0.4, 0.5) is 0 Å². The molecule has 0 aliphatic carbocycles. The van der Waals surface area contributed by atoms with Crippen LogP contribution in [0.5, 0.6) is 0 Å². The summed E-state index contributed by atoms with van der Waals surface area (Å²) in [5.41, 5.74) is 0.547. The number of benzene rings is 2. The van der Waals surface area contributed by atoms with Gasteiger partial charge < -0.3 is 0 Å². The van der Waals surface area contributed by atoms with Crippen molar-refractivity contribution in [3.05, 3.63) is 59.4 Å². The molecule has 1 aromatic heterocycles. The van der Waals surface area contributed by atoms with Gasteiger partial charge in [0, 0.05) is 19.8 Å². The summed E-state index contributed by atoms with van der Waals surface area (Å²) in [5, 5.41) is 6.67. The summed E-state index contributed by atoms with van der Waals surface area (Å²) >= 11 is 6.14. The molecule has 0 N–H and O–H groups in total. The molecule has 1 heterocycles. The molecular formula is C17H18ClN3O2S. The highest BCUT2D eigenvalue weighted by Crippen LogP contribution is 2.23. The molecule has 0 atom stereocenters. The van der Waals surface area contributed by atoms with E-state index in [0.29, 0.717) is 17.3 Å². The van der Waals surface area contributed by atoms with Crippen molar-refractivity contribution in [1.29, 1.82) is 0 Å². The van der Waals surface area contributed by atoms with E-state index in [9.17, 15) is 8.42 Å². The number of nitrogens with zero attached hydrogens (tertiary/aromatic N) is 3. The Hall–Kier alpha value is -1.89. The molecule has 0 bridgehead atoms. The molecule has 0 saturated carbocycles. The number of aryl methyl sites for hydroxylation is 1. The molecule has 0 fully saturated rings. The quantitative estimate of drug-likeness (QED) is 0.696. The largest absolute Gasteiger partial charge is 0.271 e. The molecule has 0 unspecified atom stereocenters. The molecule has 0 spiro atoms. The molecule has 3 aromatic rings. The molecule has 2 aromatic carbocycles. The minimum atomic E-state index is -3.62. The number of hydrogen-bond acceptors (Lipinski definition) is 3. The Morgan fingerprint density at radius 1 is 1.17 bits per heavy atom. The van der Waals surface area contributed by atoms with Crippen LogP contribution in [0.25, 0.3) is 10.8 Å². The molecule has 0 aliphatic rings. The van der Waals surface area contributed by atoms with E-state index in [1.165, 1.54) is 11.4 Å². The van der Waals surface area contributed by atoms with Gasteiger partial charge in [-0.05, 0) is 29.8 Å². The maximum absolute atomic E-state index is 12.8. The van der Waals surface area contributed by atoms with E-state index in [1.807, 2.05) is 37.3 Å². The van der Waals surface area contributed by atoms with E-state index in [2.05, 4.69) is 5.10 Å². The van der Waals surface area contributed by atoms with E-state index < -0.39 is 10.0 Å². The normalized spacial score (nSPS) is 12.2. The summed E-state index contributed by atoms with van der Waals surface area (Å²) < 4.78 is 28.6. The predicted octanol–water partition coefficient (Wildman–Crippen LogP) is 3.53. The average molecular weight is 364 g/mol. The lowest BCUT2D eigenvalue weighted by Crippen LogP contribution is -2.26. The Kier molecular flexibility index (Phi) is 4.62. The van der Waals surface area contributed by atoms with Gasteiger partial charge in [0.05, 0.1) is 22.2 Å². The first-order valence-electron chi connectivity index (χ1n) is 7.59. The van der Waals surface area contributed by atoms with E-state index in [4.69, 9.17) is 11.6 Å². The molecule has 0 amide bonds. The molecule has 126 valence electrons. The number of sulfonamides is 1. The van der Waals surface area contributed by atoms with Crippen LogP contribution in [0.2, 0.25) is 5.02 Å². The lowest BCUT2D eigenvalue weighted by molar-refractivity contribution is 0.458. The minimum Gasteiger partial charge on any atom is -0.271 e. The molecule has 5 nitrogen and oxygen atoms in total. The fourth-order valence-corrected chi connectivity index (χ4v) is 3.89. The highest BCUT2D eigenvalue weighted by molar-refractivity contribution is 7.89. The second kappa shape index (κ2) is 6.55. The van der Waals surface area contributed by atoms with Crippen LogP contribution >= 0.6 is 11.6 Å². The van der Waals surface area contributed by atoms with Crippen molar-refractivity contribution in [1.82, 2.24) is 14.1 Å². The first-order chi connectivity index (χ1) is 11.4. The standard InChI is InChI=1S/C17H18ClN3O2S/c1-3-21-11-16(18)17(19-21)12-20(2)24(22,23)15-9-8-13-6-4-5-7-14(13)10-15/h4-11H,3,12H2,1-2H3. The Morgan fingerprint density at radius 3 is 2.54 bits per heavy atom. The van der Waals surface area contributed by atoms with Crippen molar-refractivity contribution in [2.24, 2.45) is 0 Å². The van der Waals surface area contributed by atoms with Crippen LogP contribution in [0.1, 0.15) is 12.6 Å². The van der Waals surface area contributed by atoms with Crippen molar-refractivity contribution in [2.75, 3.05) is 7.05 Å². The fourth-order valence-electron chi connectivity index (χ4n) is 2.51. The van der Waals surface area contributed by atoms with Gasteiger partial charge in [0.1, 0.15) is 0 Å². The molecule has 7 heteroatoms. The third-order valence-electron chi connectivity index (χ3n) is 3.91. The average Bonchev–Trinajstić information content (AvgIpc) is 2.94. The number of rotatable bonds is 5. The van der Waals surface area contributed by atoms with Gasteiger partial charge in [-0.25, -0.2) is 8.42 Å². The van der Waals surface area contributed by atoms with E-state index in [0.717, 1.165) is 10.8 Å². The summed E-state index contributed by atoms with van der Waals surface area (Å²) in [6.07, 6.45) is 1.70. The Labute approximate surface area is 146 Å². The smallest absolute Gasteiger partial charge is 0.243 e. The van der Waals surface area contributed by atoms with Crippen molar-refractivity contribution >= 4 is 32.4 Å². The van der Waals surface area contributed by atoms with Gasteiger partial charge in [0.2, 0.25) is 10.0 Å². The van der Waals surface area contributed by atoms with Gasteiger partial charge in [-0.15, -0.1) is 0 Å². The van der Waals surface area contributed by atoms with Gasteiger partial charge in [-0.3, -0.25) is 4.68 Å². The summed E-state index contributed by atoms with van der Waals surface area (Å²) in [4.78, 5) is 0.259. The third-order valence-corrected chi connectivity index (χ3v) is 6.03. The van der Waals surface area contributed by atoms with Gasteiger partial charge in [-0.1, -0.05) is 41.9 Å². The number of hydrogen-bond donors (Lipinski definition) is 0. The Bertz CT molecular complexity index is 982. The highest BCUT2D eigenvalue weighted by Gasteiger charge is 2.23. The number of fused-ring (bicyclic) bond motifs is 1. The van der Waals surface area contributed by atoms with Crippen molar-refractivity contribution in [2.45, 2.75) is 24.9 Å². The first-order valence-corrected chi connectivity index (χ1v) is 9.40. The van der Waals surface area contributed by atoms with E-state index in [-0.39, 0.29) is 11.4 Å². The summed E-state index contributed by atoms with van der Waals surface area (Å²) in [6.45, 7) is 2.75. The summed E-state index contributed by atoms with van der Waals surface area (Å²) in [5.74, 6) is 0. The maximum atomic E-state index is 12.8. The molecule has 3 rings (SSSR count). The van der Waals surface area contributed by atoms with Gasteiger partial charge in [0.25, 0.3) is 0 Å². The number of aromatic nitrogens is 2. The maximum Gasteiger partial charge on any atom is 0.243 e. The lowest BCUT2D eigenvalue weighted by atomic mass is 10.1.